The van der Waals surface area contributed by atoms with Crippen LogP contribution in [0.2, 0.25) is 0 Å². The van der Waals surface area contributed by atoms with Crippen LogP contribution < -0.4 is 11.5 Å². The third-order valence-electron chi connectivity index (χ3n) is 9.15. The number of carbonyl (C=O) groups is 2. The van der Waals surface area contributed by atoms with Crippen molar-refractivity contribution in [3.63, 3.8) is 0 Å². The van der Waals surface area contributed by atoms with E-state index in [1.807, 2.05) is 13.8 Å². The van der Waals surface area contributed by atoms with E-state index in [0.29, 0.717) is 24.2 Å². The minimum Gasteiger partial charge on any atom is -0.458 e. The van der Waals surface area contributed by atoms with Crippen LogP contribution in [0.5, 0.6) is 0 Å². The Morgan fingerprint density at radius 3 is 2.58 bits per heavy atom. The van der Waals surface area contributed by atoms with Gasteiger partial charge in [0, 0.05) is 6.04 Å². The van der Waals surface area contributed by atoms with Crippen LogP contribution >= 0.6 is 0 Å². The molecule has 1 amide bonds. The van der Waals surface area contributed by atoms with Gasteiger partial charge in [-0.25, -0.2) is 0 Å². The first-order valence-electron chi connectivity index (χ1n) is 12.1. The smallest absolute Gasteiger partial charge is 0.323 e. The van der Waals surface area contributed by atoms with Gasteiger partial charge in [0.05, 0.1) is 12.1 Å². The molecule has 0 radical (unpaired) electrons. The van der Waals surface area contributed by atoms with Gasteiger partial charge in [0.15, 0.2) is 0 Å². The zero-order chi connectivity index (χ0) is 22.1. The Morgan fingerprint density at radius 2 is 1.87 bits per heavy atom. The molecule has 6 aliphatic rings. The maximum Gasteiger partial charge on any atom is 0.323 e. The topological polar surface area (TPSA) is 122 Å². The van der Waals surface area contributed by atoms with E-state index in [2.05, 4.69) is 6.07 Å². The molecule has 7 heteroatoms. The lowest BCUT2D eigenvalue weighted by Gasteiger charge is -2.53. The van der Waals surface area contributed by atoms with E-state index < -0.39 is 17.7 Å². The molecule has 0 spiro atoms. The Bertz CT molecular complexity index is 824. The average molecular weight is 429 g/mol. The first-order chi connectivity index (χ1) is 14.7. The number of piperidine rings is 1. The monoisotopic (exact) mass is 428 g/mol. The summed E-state index contributed by atoms with van der Waals surface area (Å²) >= 11 is 0. The molecule has 5 saturated carbocycles. The number of hydrogen-bond acceptors (Lipinski definition) is 6. The molecule has 6 fully saturated rings. The second kappa shape index (κ2) is 7.18. The van der Waals surface area contributed by atoms with Crippen molar-refractivity contribution < 1.29 is 14.3 Å². The Labute approximate surface area is 184 Å². The number of hydrogen-bond donors (Lipinski definition) is 2. The number of carbonyl (C=O) groups excluding carboxylic acids is 2. The quantitative estimate of drug-likeness (QED) is 0.647. The summed E-state index contributed by atoms with van der Waals surface area (Å²) < 4.78 is 6.21. The normalized spacial score (nSPS) is 44.4. The molecule has 0 aromatic rings. The van der Waals surface area contributed by atoms with E-state index in [0.717, 1.165) is 51.4 Å². The summed E-state index contributed by atoms with van der Waals surface area (Å²) in [5.74, 6) is 1.06. The molecule has 5 aliphatic carbocycles. The van der Waals surface area contributed by atoms with Crippen LogP contribution in [0.1, 0.15) is 71.6 Å². The second-order valence-corrected chi connectivity index (χ2v) is 11.7. The highest BCUT2D eigenvalue weighted by Gasteiger charge is 2.62. The molecular formula is C24H36N4O3. The second-order valence-electron chi connectivity index (χ2n) is 11.7. The van der Waals surface area contributed by atoms with E-state index in [1.54, 1.807) is 4.90 Å². The molecule has 9 atom stereocenters. The van der Waals surface area contributed by atoms with E-state index in [1.165, 1.54) is 0 Å². The van der Waals surface area contributed by atoms with Gasteiger partial charge in [-0.1, -0.05) is 13.8 Å². The molecule has 1 aliphatic heterocycles. The zero-order valence-electron chi connectivity index (χ0n) is 18.8. The molecule has 1 heterocycles. The number of nitrogens with zero attached hydrogens (tertiary/aromatic N) is 2. The van der Waals surface area contributed by atoms with Gasteiger partial charge in [-0.3, -0.25) is 9.59 Å². The zero-order valence-corrected chi connectivity index (χ0v) is 18.8. The van der Waals surface area contributed by atoms with Crippen molar-refractivity contribution in [3.05, 3.63) is 0 Å². The maximum absolute atomic E-state index is 13.6. The maximum atomic E-state index is 13.6. The molecule has 7 nitrogen and oxygen atoms in total. The number of ether oxygens (including phenoxy) is 1. The average Bonchev–Trinajstić information content (AvgIpc) is 3.43. The summed E-state index contributed by atoms with van der Waals surface area (Å²) in [6, 6.07) is 0.912. The summed E-state index contributed by atoms with van der Waals surface area (Å²) in [5.41, 5.74) is 12.0. The van der Waals surface area contributed by atoms with Crippen molar-refractivity contribution in [2.75, 3.05) is 0 Å². The van der Waals surface area contributed by atoms with Crippen LogP contribution in [0.25, 0.3) is 0 Å². The van der Waals surface area contributed by atoms with Crippen LogP contribution in [0.3, 0.4) is 0 Å². The van der Waals surface area contributed by atoms with Gasteiger partial charge < -0.3 is 21.1 Å². The molecule has 170 valence electrons. The molecular weight excluding hydrogens is 392 g/mol. The summed E-state index contributed by atoms with van der Waals surface area (Å²) in [5, 5.41) is 9.57. The fourth-order valence-corrected chi connectivity index (χ4v) is 7.64. The predicted octanol–water partition coefficient (Wildman–Crippen LogP) is 2.08. The van der Waals surface area contributed by atoms with Crippen LogP contribution in [0.15, 0.2) is 0 Å². The third-order valence-corrected chi connectivity index (χ3v) is 9.15. The number of rotatable bonds is 5. The van der Waals surface area contributed by atoms with Crippen molar-refractivity contribution in [1.82, 2.24) is 4.90 Å². The lowest BCUT2D eigenvalue weighted by atomic mass is 9.57. The fourth-order valence-electron chi connectivity index (χ4n) is 7.64. The standard InChI is InChI=1S/C24H36N4O3/c1-13(2)19(26)22(30)31-24-9-14-3-4-23(12-24,8-15(5-14)10-24)20(27)21(29)28-17(11-25)6-16-7-18(16)28/h13-20H,3-10,12,26-27H2,1-2H3. The largest absolute Gasteiger partial charge is 0.458 e. The van der Waals surface area contributed by atoms with Gasteiger partial charge in [0.25, 0.3) is 0 Å². The number of amides is 1. The minimum atomic E-state index is -0.640. The van der Waals surface area contributed by atoms with Gasteiger partial charge in [-0.2, -0.15) is 5.26 Å². The third kappa shape index (κ3) is 3.38. The lowest BCUT2D eigenvalue weighted by molar-refractivity contribution is -0.183. The molecule has 1 saturated heterocycles. The summed E-state index contributed by atoms with van der Waals surface area (Å²) in [7, 11) is 0. The van der Waals surface area contributed by atoms with Crippen molar-refractivity contribution in [2.45, 2.75) is 101 Å². The summed E-state index contributed by atoms with van der Waals surface area (Å²) in [6.07, 6.45) is 8.13. The van der Waals surface area contributed by atoms with Crippen molar-refractivity contribution in [1.29, 1.82) is 5.26 Å². The highest BCUT2D eigenvalue weighted by Crippen LogP contribution is 2.61. The molecule has 9 unspecified atom stereocenters. The molecule has 31 heavy (non-hydrogen) atoms. The number of esters is 1. The van der Waals surface area contributed by atoms with Crippen molar-refractivity contribution in [3.8, 4) is 6.07 Å². The predicted molar refractivity (Wildman–Crippen MR) is 114 cm³/mol. The van der Waals surface area contributed by atoms with Gasteiger partial charge in [-0.15, -0.1) is 0 Å². The van der Waals surface area contributed by atoms with Crippen molar-refractivity contribution >= 4 is 11.9 Å². The van der Waals surface area contributed by atoms with Crippen molar-refractivity contribution in [2.24, 2.45) is 40.6 Å². The molecule has 6 rings (SSSR count). The highest BCUT2D eigenvalue weighted by atomic mass is 16.6. The number of nitriles is 1. The first kappa shape index (κ1) is 21.2. The lowest BCUT2D eigenvalue weighted by Crippen LogP contribution is -2.61. The molecule has 0 aromatic heterocycles. The number of nitrogens with two attached hydrogens (primary N) is 2. The van der Waals surface area contributed by atoms with Gasteiger partial charge in [0.2, 0.25) is 5.91 Å². The van der Waals surface area contributed by atoms with Gasteiger partial charge in [0.1, 0.15) is 17.7 Å². The van der Waals surface area contributed by atoms with E-state index >= 15 is 0 Å². The van der Waals surface area contributed by atoms with Crippen LogP contribution in [0.4, 0.5) is 0 Å². The van der Waals surface area contributed by atoms with E-state index in [-0.39, 0.29) is 35.3 Å². The Kier molecular flexibility index (Phi) is 4.91. The highest BCUT2D eigenvalue weighted by molar-refractivity contribution is 5.84. The Morgan fingerprint density at radius 1 is 1.13 bits per heavy atom. The van der Waals surface area contributed by atoms with Crippen LogP contribution in [-0.2, 0) is 14.3 Å². The minimum absolute atomic E-state index is 0.0194. The summed E-state index contributed by atoms with van der Waals surface area (Å²) in [6.45, 7) is 3.86. The van der Waals surface area contributed by atoms with Gasteiger partial charge in [-0.05, 0) is 86.9 Å². The molecule has 0 aromatic carbocycles. The molecule has 4 bridgehead atoms. The van der Waals surface area contributed by atoms with Crippen LogP contribution in [0, 0.1) is 40.4 Å². The van der Waals surface area contributed by atoms with E-state index in [4.69, 9.17) is 16.2 Å². The summed E-state index contributed by atoms with van der Waals surface area (Å²) in [4.78, 5) is 28.3. The fraction of sp³-hybridized carbons (Fsp3) is 0.875. The Balaban J connectivity index is 1.41. The van der Waals surface area contributed by atoms with Gasteiger partial charge >= 0.3 is 5.97 Å². The van der Waals surface area contributed by atoms with Crippen LogP contribution in [-0.4, -0.2) is 46.5 Å². The molecule has 4 N–H and O–H groups in total. The number of likely N-dealkylation sites (tertiary alicyclic amines) is 1. The first-order valence-corrected chi connectivity index (χ1v) is 12.1. The SMILES string of the molecule is CC(C)C(N)C(=O)OC12CC3CCC(C(N)C(=O)N4C(C#N)CC5CC54)(CC(C3)C1)C2. The van der Waals surface area contributed by atoms with E-state index in [9.17, 15) is 14.9 Å². The number of fused-ring (bicyclic) bond motifs is 2. The Hall–Kier alpha value is -1.65.